The Morgan fingerprint density at radius 2 is 2.00 bits per heavy atom. The van der Waals surface area contributed by atoms with E-state index in [1.807, 2.05) is 24.3 Å². The highest BCUT2D eigenvalue weighted by Gasteiger charge is 2.23. The maximum atomic E-state index is 11.5. The molecule has 4 nitrogen and oxygen atoms in total. The average molecular weight is 333 g/mol. The number of halogens is 1. The number of hydrogen-bond acceptors (Lipinski definition) is 3. The number of carbonyl (C=O) groups excluding carboxylic acids is 1. The summed E-state index contributed by atoms with van der Waals surface area (Å²) < 4.78 is 5.43. The van der Waals surface area contributed by atoms with Gasteiger partial charge in [-0.15, -0.1) is 0 Å². The van der Waals surface area contributed by atoms with E-state index < -0.39 is 0 Å². The van der Waals surface area contributed by atoms with Crippen molar-refractivity contribution in [1.29, 1.82) is 0 Å². The Morgan fingerprint density at radius 1 is 1.26 bits per heavy atom. The molecule has 1 aliphatic rings. The Hall–Kier alpha value is -1.62. The number of benzene rings is 2. The number of hydrogen-bond donors (Lipinski definition) is 1. The van der Waals surface area contributed by atoms with E-state index in [0.29, 0.717) is 17.6 Å². The van der Waals surface area contributed by atoms with E-state index in [-0.39, 0.29) is 12.5 Å². The summed E-state index contributed by atoms with van der Waals surface area (Å²) in [6.45, 7) is 2.38. The lowest BCUT2D eigenvalue weighted by molar-refractivity contribution is -0.120. The van der Waals surface area contributed by atoms with E-state index in [4.69, 9.17) is 22.1 Å². The average Bonchev–Trinajstić information content (AvgIpc) is 2.54. The van der Waals surface area contributed by atoms with E-state index in [1.165, 1.54) is 5.39 Å². The van der Waals surface area contributed by atoms with Crippen LogP contribution in [0, 0.1) is 0 Å². The summed E-state index contributed by atoms with van der Waals surface area (Å²) in [5.41, 5.74) is 6.58. The fraction of sp³-hybridized carbons (Fsp3) is 0.389. The number of nitrogens with zero attached hydrogens (tertiary/aromatic N) is 1. The lowest BCUT2D eigenvalue weighted by atomic mass is 10.0. The van der Waals surface area contributed by atoms with E-state index in [2.05, 4.69) is 17.0 Å². The van der Waals surface area contributed by atoms with Crippen LogP contribution in [0.15, 0.2) is 36.4 Å². The maximum Gasteiger partial charge on any atom is 0.231 e. The van der Waals surface area contributed by atoms with E-state index in [9.17, 15) is 4.79 Å². The summed E-state index contributed by atoms with van der Waals surface area (Å²) in [5.74, 6) is -0.303. The van der Waals surface area contributed by atoms with E-state index >= 15 is 0 Å². The lowest BCUT2D eigenvalue weighted by Crippen LogP contribution is -2.43. The van der Waals surface area contributed by atoms with Gasteiger partial charge in [0.25, 0.3) is 0 Å². The highest BCUT2D eigenvalue weighted by molar-refractivity contribution is 6.31. The third kappa shape index (κ3) is 4.02. The Kier molecular flexibility index (Phi) is 5.16. The Balaban J connectivity index is 1.91. The van der Waals surface area contributed by atoms with Crippen LogP contribution in [0.4, 0.5) is 0 Å². The molecule has 0 atom stereocenters. The van der Waals surface area contributed by atoms with Gasteiger partial charge in [0.1, 0.15) is 0 Å². The normalized spacial score (nSPS) is 16.1. The second-order valence-corrected chi connectivity index (χ2v) is 6.44. The molecule has 5 heteroatoms. The summed E-state index contributed by atoms with van der Waals surface area (Å²) in [7, 11) is 0. The van der Waals surface area contributed by atoms with Gasteiger partial charge in [-0.25, -0.2) is 0 Å². The summed E-state index contributed by atoms with van der Waals surface area (Å²) in [6, 6.07) is 12.4. The molecule has 1 aliphatic heterocycles. The van der Waals surface area contributed by atoms with Crippen LogP contribution in [0.5, 0.6) is 0 Å². The molecule has 3 rings (SSSR count). The number of ether oxygens (including phenoxy) is 1. The third-order valence-electron chi connectivity index (χ3n) is 4.35. The quantitative estimate of drug-likeness (QED) is 0.915. The molecule has 0 spiro atoms. The zero-order valence-electron chi connectivity index (χ0n) is 13.0. The minimum atomic E-state index is -0.303. The van der Waals surface area contributed by atoms with Gasteiger partial charge in [-0.2, -0.15) is 0 Å². The summed E-state index contributed by atoms with van der Waals surface area (Å²) >= 11 is 6.27. The minimum Gasteiger partial charge on any atom is -0.381 e. The van der Waals surface area contributed by atoms with Crippen molar-refractivity contribution in [2.75, 3.05) is 19.8 Å². The second kappa shape index (κ2) is 7.30. The van der Waals surface area contributed by atoms with Crippen molar-refractivity contribution in [3.8, 4) is 0 Å². The lowest BCUT2D eigenvalue weighted by Gasteiger charge is -2.33. The first-order valence-corrected chi connectivity index (χ1v) is 8.28. The molecule has 2 aromatic rings. The predicted molar refractivity (Wildman–Crippen MR) is 92.4 cm³/mol. The Labute approximate surface area is 141 Å². The molecule has 2 aromatic carbocycles. The third-order valence-corrected chi connectivity index (χ3v) is 4.57. The SMILES string of the molecule is NC(=O)CN(Cc1cc(Cl)cc2ccccc12)C1CCOCC1. The highest BCUT2D eigenvalue weighted by atomic mass is 35.5. The van der Waals surface area contributed by atoms with Crippen LogP contribution in [0.1, 0.15) is 18.4 Å². The van der Waals surface area contributed by atoms with Crippen molar-refractivity contribution in [2.24, 2.45) is 5.73 Å². The van der Waals surface area contributed by atoms with E-state index in [1.54, 1.807) is 0 Å². The van der Waals surface area contributed by atoms with Crippen LogP contribution in [0.2, 0.25) is 5.02 Å². The van der Waals surface area contributed by atoms with Crippen LogP contribution in [0.25, 0.3) is 10.8 Å². The summed E-state index contributed by atoms with van der Waals surface area (Å²) in [6.07, 6.45) is 1.84. The molecule has 0 aromatic heterocycles. The molecule has 1 heterocycles. The van der Waals surface area contributed by atoms with Gasteiger partial charge in [-0.1, -0.05) is 35.9 Å². The van der Waals surface area contributed by atoms with Gasteiger partial charge in [0.15, 0.2) is 0 Å². The highest BCUT2D eigenvalue weighted by Crippen LogP contribution is 2.26. The first kappa shape index (κ1) is 16.2. The van der Waals surface area contributed by atoms with Crippen LogP contribution < -0.4 is 5.73 Å². The minimum absolute atomic E-state index is 0.255. The molecule has 0 bridgehead atoms. The van der Waals surface area contributed by atoms with Crippen LogP contribution in [-0.2, 0) is 16.1 Å². The Bertz CT molecular complexity index is 698. The molecule has 122 valence electrons. The van der Waals surface area contributed by atoms with Gasteiger partial charge in [0.2, 0.25) is 5.91 Å². The van der Waals surface area contributed by atoms with Crippen molar-refractivity contribution in [2.45, 2.75) is 25.4 Å². The standard InChI is InChI=1S/C18H21ClN2O2/c19-15-9-13-3-1-2-4-17(13)14(10-15)11-21(12-18(20)22)16-5-7-23-8-6-16/h1-4,9-10,16H,5-8,11-12H2,(H2,20,22). The van der Waals surface area contributed by atoms with Crippen LogP contribution >= 0.6 is 11.6 Å². The molecule has 23 heavy (non-hydrogen) atoms. The van der Waals surface area contributed by atoms with Gasteiger partial charge in [-0.05, 0) is 41.3 Å². The smallest absolute Gasteiger partial charge is 0.231 e. The van der Waals surface area contributed by atoms with Gasteiger partial charge < -0.3 is 10.5 Å². The van der Waals surface area contributed by atoms with E-state index in [0.717, 1.165) is 37.0 Å². The molecular weight excluding hydrogens is 312 g/mol. The zero-order valence-corrected chi connectivity index (χ0v) is 13.8. The molecule has 1 fully saturated rings. The molecular formula is C18H21ClN2O2. The molecule has 0 aliphatic carbocycles. The molecule has 0 radical (unpaired) electrons. The van der Waals surface area contributed by atoms with Crippen molar-refractivity contribution in [3.05, 3.63) is 47.0 Å². The van der Waals surface area contributed by atoms with Crippen LogP contribution in [0.3, 0.4) is 0 Å². The molecule has 1 saturated heterocycles. The monoisotopic (exact) mass is 332 g/mol. The fourth-order valence-electron chi connectivity index (χ4n) is 3.26. The summed E-state index contributed by atoms with van der Waals surface area (Å²) in [5, 5.41) is 2.99. The van der Waals surface area contributed by atoms with Crippen molar-refractivity contribution in [1.82, 2.24) is 4.90 Å². The van der Waals surface area contributed by atoms with Gasteiger partial charge in [0, 0.05) is 30.8 Å². The van der Waals surface area contributed by atoms with Crippen molar-refractivity contribution >= 4 is 28.3 Å². The largest absolute Gasteiger partial charge is 0.381 e. The van der Waals surface area contributed by atoms with Gasteiger partial charge >= 0.3 is 0 Å². The molecule has 0 unspecified atom stereocenters. The molecule has 0 saturated carbocycles. The predicted octanol–water partition coefficient (Wildman–Crippen LogP) is 2.96. The molecule has 1 amide bonds. The number of rotatable bonds is 5. The summed E-state index contributed by atoms with van der Waals surface area (Å²) in [4.78, 5) is 13.7. The molecule has 2 N–H and O–H groups in total. The first-order chi connectivity index (χ1) is 11.1. The number of primary amides is 1. The Morgan fingerprint density at radius 3 is 2.74 bits per heavy atom. The number of nitrogens with two attached hydrogens (primary N) is 1. The van der Waals surface area contributed by atoms with Gasteiger partial charge in [-0.3, -0.25) is 9.69 Å². The van der Waals surface area contributed by atoms with Crippen LogP contribution in [-0.4, -0.2) is 36.6 Å². The van der Waals surface area contributed by atoms with Crippen molar-refractivity contribution < 1.29 is 9.53 Å². The number of amides is 1. The topological polar surface area (TPSA) is 55.6 Å². The fourth-order valence-corrected chi connectivity index (χ4v) is 3.51. The second-order valence-electron chi connectivity index (χ2n) is 6.00. The van der Waals surface area contributed by atoms with Crippen molar-refractivity contribution in [3.63, 3.8) is 0 Å². The number of fused-ring (bicyclic) bond motifs is 1. The van der Waals surface area contributed by atoms with Gasteiger partial charge in [0.05, 0.1) is 6.54 Å². The maximum absolute atomic E-state index is 11.5. The first-order valence-electron chi connectivity index (χ1n) is 7.91. The zero-order chi connectivity index (χ0) is 16.2. The number of carbonyl (C=O) groups is 1.